The van der Waals surface area contributed by atoms with E-state index in [0.717, 1.165) is 3.57 Å². The standard InChI is InChI=1S/C15H11FINO3/c16-10-5-7-11(8-6-10)18-14(19)9-21-15(20)12-3-1-2-4-13(12)17/h1-8H,9H2,(H,18,19). The molecule has 0 unspecified atom stereocenters. The highest BCUT2D eigenvalue weighted by atomic mass is 127. The smallest absolute Gasteiger partial charge is 0.339 e. The average Bonchev–Trinajstić information content (AvgIpc) is 2.48. The molecule has 1 amide bonds. The molecule has 0 aliphatic rings. The van der Waals surface area contributed by atoms with Gasteiger partial charge in [-0.3, -0.25) is 4.79 Å². The van der Waals surface area contributed by atoms with Crippen molar-refractivity contribution in [2.45, 2.75) is 0 Å². The Balaban J connectivity index is 1.88. The summed E-state index contributed by atoms with van der Waals surface area (Å²) in [5.74, 6) is -1.44. The fourth-order valence-electron chi connectivity index (χ4n) is 1.57. The van der Waals surface area contributed by atoms with Crippen molar-refractivity contribution in [3.63, 3.8) is 0 Å². The Morgan fingerprint density at radius 1 is 1.10 bits per heavy atom. The molecule has 1 N–H and O–H groups in total. The molecule has 0 radical (unpaired) electrons. The number of carbonyl (C=O) groups is 2. The van der Waals surface area contributed by atoms with Crippen LogP contribution in [-0.4, -0.2) is 18.5 Å². The van der Waals surface area contributed by atoms with E-state index in [1.165, 1.54) is 24.3 Å². The number of nitrogens with one attached hydrogen (secondary N) is 1. The number of rotatable bonds is 4. The van der Waals surface area contributed by atoms with E-state index in [1.807, 2.05) is 22.6 Å². The predicted octanol–water partition coefficient (Wildman–Crippen LogP) is 3.23. The van der Waals surface area contributed by atoms with Gasteiger partial charge in [-0.1, -0.05) is 12.1 Å². The minimum Gasteiger partial charge on any atom is -0.452 e. The van der Waals surface area contributed by atoms with Crippen LogP contribution >= 0.6 is 22.6 Å². The molecule has 2 aromatic rings. The largest absolute Gasteiger partial charge is 0.452 e. The van der Waals surface area contributed by atoms with E-state index in [9.17, 15) is 14.0 Å². The molecule has 108 valence electrons. The molecular formula is C15H11FINO3. The number of amides is 1. The molecule has 2 aromatic carbocycles. The Hall–Kier alpha value is -1.96. The third-order valence-corrected chi connectivity index (χ3v) is 3.50. The number of hydrogen-bond donors (Lipinski definition) is 1. The van der Waals surface area contributed by atoms with Crippen LogP contribution in [0.5, 0.6) is 0 Å². The molecule has 0 saturated heterocycles. The van der Waals surface area contributed by atoms with Gasteiger partial charge in [-0.15, -0.1) is 0 Å². The molecule has 0 heterocycles. The monoisotopic (exact) mass is 399 g/mol. The molecule has 2 rings (SSSR count). The third-order valence-electron chi connectivity index (χ3n) is 2.56. The summed E-state index contributed by atoms with van der Waals surface area (Å²) in [6.45, 7) is -0.402. The number of hydrogen-bond acceptors (Lipinski definition) is 3. The minimum absolute atomic E-state index is 0.391. The van der Waals surface area contributed by atoms with Crippen molar-refractivity contribution in [3.8, 4) is 0 Å². The summed E-state index contributed by atoms with van der Waals surface area (Å²) in [6.07, 6.45) is 0. The van der Waals surface area contributed by atoms with E-state index in [0.29, 0.717) is 11.3 Å². The van der Waals surface area contributed by atoms with Gasteiger partial charge in [0.2, 0.25) is 0 Å². The van der Waals surface area contributed by atoms with Crippen molar-refractivity contribution >= 4 is 40.2 Å². The minimum atomic E-state index is -0.561. The highest BCUT2D eigenvalue weighted by molar-refractivity contribution is 14.1. The maximum absolute atomic E-state index is 12.7. The summed E-state index contributed by atoms with van der Waals surface area (Å²) >= 11 is 2.02. The van der Waals surface area contributed by atoms with Gasteiger partial charge >= 0.3 is 5.97 Å². The van der Waals surface area contributed by atoms with Gasteiger partial charge in [-0.25, -0.2) is 9.18 Å². The molecule has 0 aliphatic heterocycles. The SMILES string of the molecule is O=C(COC(=O)c1ccccc1I)Nc1ccc(F)cc1. The Morgan fingerprint density at radius 3 is 2.43 bits per heavy atom. The van der Waals surface area contributed by atoms with Crippen LogP contribution in [0.15, 0.2) is 48.5 Å². The van der Waals surface area contributed by atoms with E-state index in [-0.39, 0.29) is 0 Å². The van der Waals surface area contributed by atoms with Gasteiger partial charge in [-0.05, 0) is 59.0 Å². The second-order valence-corrected chi connectivity index (χ2v) is 5.27. The van der Waals surface area contributed by atoms with Gasteiger partial charge in [0.1, 0.15) is 5.82 Å². The molecule has 0 spiro atoms. The van der Waals surface area contributed by atoms with E-state index in [4.69, 9.17) is 4.74 Å². The first-order valence-electron chi connectivity index (χ1n) is 6.03. The van der Waals surface area contributed by atoms with Crippen molar-refractivity contribution in [2.75, 3.05) is 11.9 Å². The van der Waals surface area contributed by atoms with Crippen molar-refractivity contribution in [1.82, 2.24) is 0 Å². The molecule has 0 aliphatic carbocycles. The van der Waals surface area contributed by atoms with Crippen molar-refractivity contribution in [1.29, 1.82) is 0 Å². The lowest BCUT2D eigenvalue weighted by Gasteiger charge is -2.07. The lowest BCUT2D eigenvalue weighted by molar-refractivity contribution is -0.119. The Labute approximate surface area is 134 Å². The molecule has 6 heteroatoms. The normalized spacial score (nSPS) is 10.0. The van der Waals surface area contributed by atoms with Gasteiger partial charge in [0, 0.05) is 9.26 Å². The van der Waals surface area contributed by atoms with Gasteiger partial charge in [-0.2, -0.15) is 0 Å². The van der Waals surface area contributed by atoms with Crippen molar-refractivity contribution in [2.24, 2.45) is 0 Å². The lowest BCUT2D eigenvalue weighted by Crippen LogP contribution is -2.21. The molecule has 21 heavy (non-hydrogen) atoms. The fraction of sp³-hybridized carbons (Fsp3) is 0.0667. The van der Waals surface area contributed by atoms with Crippen LogP contribution in [0.2, 0.25) is 0 Å². The highest BCUT2D eigenvalue weighted by Gasteiger charge is 2.12. The molecule has 0 fully saturated rings. The fourth-order valence-corrected chi connectivity index (χ4v) is 2.17. The lowest BCUT2D eigenvalue weighted by atomic mass is 10.2. The van der Waals surface area contributed by atoms with E-state index < -0.39 is 24.3 Å². The second kappa shape index (κ2) is 7.16. The highest BCUT2D eigenvalue weighted by Crippen LogP contribution is 2.13. The summed E-state index contributed by atoms with van der Waals surface area (Å²) in [6, 6.07) is 12.2. The quantitative estimate of drug-likeness (QED) is 0.635. The number of ether oxygens (including phenoxy) is 1. The molecular weight excluding hydrogens is 388 g/mol. The van der Waals surface area contributed by atoms with Crippen LogP contribution in [0.25, 0.3) is 0 Å². The number of esters is 1. The summed E-state index contributed by atoms with van der Waals surface area (Å²) in [7, 11) is 0. The van der Waals surface area contributed by atoms with Crippen LogP contribution in [0.1, 0.15) is 10.4 Å². The average molecular weight is 399 g/mol. The van der Waals surface area contributed by atoms with Crippen LogP contribution in [0.4, 0.5) is 10.1 Å². The maximum Gasteiger partial charge on any atom is 0.339 e. The summed E-state index contributed by atoms with van der Waals surface area (Å²) in [5.41, 5.74) is 0.847. The van der Waals surface area contributed by atoms with Crippen LogP contribution in [-0.2, 0) is 9.53 Å². The van der Waals surface area contributed by atoms with E-state index >= 15 is 0 Å². The van der Waals surface area contributed by atoms with E-state index in [2.05, 4.69) is 5.32 Å². The van der Waals surface area contributed by atoms with Crippen molar-refractivity contribution in [3.05, 3.63) is 63.5 Å². The number of benzene rings is 2. The number of halogens is 2. The van der Waals surface area contributed by atoms with Gasteiger partial charge in [0.15, 0.2) is 6.61 Å². The van der Waals surface area contributed by atoms with Crippen molar-refractivity contribution < 1.29 is 18.7 Å². The van der Waals surface area contributed by atoms with Gasteiger partial charge < -0.3 is 10.1 Å². The molecule has 0 atom stereocenters. The molecule has 0 saturated carbocycles. The van der Waals surface area contributed by atoms with Crippen LogP contribution in [0.3, 0.4) is 0 Å². The maximum atomic E-state index is 12.7. The molecule has 0 bridgehead atoms. The Morgan fingerprint density at radius 2 is 1.76 bits per heavy atom. The van der Waals surface area contributed by atoms with E-state index in [1.54, 1.807) is 24.3 Å². The number of carbonyl (C=O) groups excluding carboxylic acids is 2. The molecule has 0 aromatic heterocycles. The predicted molar refractivity (Wildman–Crippen MR) is 84.5 cm³/mol. The van der Waals surface area contributed by atoms with Crippen LogP contribution < -0.4 is 5.32 Å². The van der Waals surface area contributed by atoms with Gasteiger partial charge in [0.05, 0.1) is 5.56 Å². The first-order chi connectivity index (χ1) is 10.1. The summed E-state index contributed by atoms with van der Waals surface area (Å²) in [5, 5.41) is 2.51. The molecule has 4 nitrogen and oxygen atoms in total. The summed E-state index contributed by atoms with van der Waals surface area (Å²) < 4.78 is 18.4. The third kappa shape index (κ3) is 4.52. The Kier molecular flexibility index (Phi) is 5.26. The summed E-state index contributed by atoms with van der Waals surface area (Å²) in [4.78, 5) is 23.4. The zero-order valence-corrected chi connectivity index (χ0v) is 13.0. The van der Waals surface area contributed by atoms with Crippen LogP contribution in [0, 0.1) is 9.39 Å². The van der Waals surface area contributed by atoms with Gasteiger partial charge in [0.25, 0.3) is 5.91 Å². The second-order valence-electron chi connectivity index (χ2n) is 4.11. The first-order valence-corrected chi connectivity index (χ1v) is 7.11. The number of anilines is 1. The topological polar surface area (TPSA) is 55.4 Å². The zero-order valence-electron chi connectivity index (χ0n) is 10.8. The zero-order chi connectivity index (χ0) is 15.2. The first kappa shape index (κ1) is 15.4. The Bertz CT molecular complexity index is 658.